The highest BCUT2D eigenvalue weighted by Gasteiger charge is 2.27. The van der Waals surface area contributed by atoms with Gasteiger partial charge in [0.25, 0.3) is 0 Å². The van der Waals surface area contributed by atoms with Gasteiger partial charge in [-0.25, -0.2) is 13.2 Å². The first kappa shape index (κ1) is 28.2. The summed E-state index contributed by atoms with van der Waals surface area (Å²) >= 11 is 0. The smallest absolute Gasteiger partial charge is 0.410 e. The molecule has 1 aliphatic heterocycles. The number of halogens is 1. The van der Waals surface area contributed by atoms with Crippen molar-refractivity contribution in [1.82, 2.24) is 15.1 Å². The number of hydrogen-bond acceptors (Lipinski definition) is 5. The van der Waals surface area contributed by atoms with Crippen LogP contribution in [-0.2, 0) is 14.6 Å². The van der Waals surface area contributed by atoms with Crippen molar-refractivity contribution in [2.75, 3.05) is 51.8 Å². The molecule has 1 aliphatic rings. The van der Waals surface area contributed by atoms with Gasteiger partial charge < -0.3 is 19.9 Å². The topological polar surface area (TPSA) is 91.3 Å². The van der Waals surface area contributed by atoms with E-state index in [0.717, 1.165) is 31.9 Å². The van der Waals surface area contributed by atoms with Crippen LogP contribution >= 0.6 is 24.0 Å². The Morgan fingerprint density at radius 3 is 2.31 bits per heavy atom. The largest absolute Gasteiger partial charge is 0.444 e. The van der Waals surface area contributed by atoms with Crippen LogP contribution in [0.25, 0.3) is 0 Å². The van der Waals surface area contributed by atoms with Gasteiger partial charge in [-0.2, -0.15) is 0 Å². The number of piperidine rings is 1. The zero-order chi connectivity index (χ0) is 21.4. The molecule has 0 aliphatic carbocycles. The minimum Gasteiger partial charge on any atom is -0.444 e. The van der Waals surface area contributed by atoms with Crippen LogP contribution in [0.5, 0.6) is 0 Å². The first-order valence-electron chi connectivity index (χ1n) is 10.1. The minimum atomic E-state index is -2.93. The molecule has 1 fully saturated rings. The highest BCUT2D eigenvalue weighted by molar-refractivity contribution is 14.0. The van der Waals surface area contributed by atoms with Crippen molar-refractivity contribution < 1.29 is 17.9 Å². The van der Waals surface area contributed by atoms with Crippen molar-refractivity contribution >= 4 is 45.9 Å². The number of carbonyl (C=O) groups excluding carboxylic acids is 1. The molecule has 1 rings (SSSR count). The molecule has 0 bridgehead atoms. The molecule has 1 amide bonds. The standard InChI is InChI=1S/C19H38N4O4S.HI/c1-7-22(18(24)27-19(2,3)4)15-16-9-12-23(13-10-16)17(20-5)21-11-8-14-28(6,25)26;/h16H,7-15H2,1-6H3,(H,20,21);1H. The van der Waals surface area contributed by atoms with E-state index in [1.807, 2.05) is 27.7 Å². The van der Waals surface area contributed by atoms with Crippen molar-refractivity contribution in [3.63, 3.8) is 0 Å². The Labute approximate surface area is 193 Å². The van der Waals surface area contributed by atoms with Crippen LogP contribution < -0.4 is 5.32 Å². The van der Waals surface area contributed by atoms with Gasteiger partial charge in [-0.15, -0.1) is 24.0 Å². The lowest BCUT2D eigenvalue weighted by molar-refractivity contribution is 0.0214. The number of guanidine groups is 1. The van der Waals surface area contributed by atoms with Gasteiger partial charge in [-0.1, -0.05) is 0 Å². The van der Waals surface area contributed by atoms with Crippen LogP contribution in [0.4, 0.5) is 4.79 Å². The maximum Gasteiger partial charge on any atom is 0.410 e. The Bertz CT molecular complexity index is 627. The molecule has 1 heterocycles. The van der Waals surface area contributed by atoms with Gasteiger partial charge in [0.1, 0.15) is 15.4 Å². The van der Waals surface area contributed by atoms with Crippen LogP contribution in [0, 0.1) is 5.92 Å². The van der Waals surface area contributed by atoms with Crippen LogP contribution in [-0.4, -0.2) is 87.7 Å². The third-order valence-corrected chi connectivity index (χ3v) is 5.64. The summed E-state index contributed by atoms with van der Waals surface area (Å²) in [7, 11) is -1.19. The molecule has 1 saturated heterocycles. The fourth-order valence-corrected chi connectivity index (χ4v) is 3.83. The summed E-state index contributed by atoms with van der Waals surface area (Å²) in [6, 6.07) is 0. The number of likely N-dealkylation sites (tertiary alicyclic amines) is 1. The van der Waals surface area contributed by atoms with Crippen LogP contribution in [0.3, 0.4) is 0 Å². The molecule has 0 aromatic carbocycles. The van der Waals surface area contributed by atoms with Crippen LogP contribution in [0.2, 0.25) is 0 Å². The van der Waals surface area contributed by atoms with Crippen molar-refractivity contribution in [3.8, 4) is 0 Å². The van der Waals surface area contributed by atoms with Gasteiger partial charge in [0.2, 0.25) is 0 Å². The second kappa shape index (κ2) is 12.8. The zero-order valence-corrected chi connectivity index (χ0v) is 21.9. The van der Waals surface area contributed by atoms with E-state index >= 15 is 0 Å². The van der Waals surface area contributed by atoms with E-state index in [1.54, 1.807) is 11.9 Å². The second-order valence-electron chi connectivity index (χ2n) is 8.41. The van der Waals surface area contributed by atoms with E-state index in [1.165, 1.54) is 6.26 Å². The molecule has 0 atom stereocenters. The molecule has 0 saturated carbocycles. The van der Waals surface area contributed by atoms with Gasteiger partial charge in [-0.3, -0.25) is 4.99 Å². The maximum absolute atomic E-state index is 12.3. The summed E-state index contributed by atoms with van der Waals surface area (Å²) in [5.41, 5.74) is -0.483. The van der Waals surface area contributed by atoms with Gasteiger partial charge in [-0.05, 0) is 52.9 Å². The summed E-state index contributed by atoms with van der Waals surface area (Å²) in [4.78, 5) is 20.6. The Balaban J connectivity index is 0.00000784. The third-order valence-electron chi connectivity index (χ3n) is 4.61. The lowest BCUT2D eigenvalue weighted by Crippen LogP contribution is -2.48. The van der Waals surface area contributed by atoms with Gasteiger partial charge in [0.15, 0.2) is 5.96 Å². The minimum absolute atomic E-state index is 0. The molecule has 0 unspecified atom stereocenters. The number of ether oxygens (including phenoxy) is 1. The molecule has 1 N–H and O–H groups in total. The molecule has 8 nitrogen and oxygen atoms in total. The number of aliphatic imine (C=N–C) groups is 1. The fraction of sp³-hybridized carbons (Fsp3) is 0.895. The monoisotopic (exact) mass is 546 g/mol. The second-order valence-corrected chi connectivity index (χ2v) is 10.7. The van der Waals surface area contributed by atoms with Crippen LogP contribution in [0.1, 0.15) is 47.0 Å². The van der Waals surface area contributed by atoms with Gasteiger partial charge >= 0.3 is 6.09 Å². The zero-order valence-electron chi connectivity index (χ0n) is 18.7. The lowest BCUT2D eigenvalue weighted by Gasteiger charge is -2.36. The van der Waals surface area contributed by atoms with E-state index in [-0.39, 0.29) is 35.8 Å². The Morgan fingerprint density at radius 1 is 1.28 bits per heavy atom. The van der Waals surface area contributed by atoms with Crippen molar-refractivity contribution in [2.45, 2.75) is 52.6 Å². The van der Waals surface area contributed by atoms with Crippen LogP contribution in [0.15, 0.2) is 4.99 Å². The number of amides is 1. The lowest BCUT2D eigenvalue weighted by atomic mass is 9.96. The van der Waals surface area contributed by atoms with Crippen molar-refractivity contribution in [3.05, 3.63) is 0 Å². The van der Waals surface area contributed by atoms with E-state index in [2.05, 4.69) is 15.2 Å². The Hall–Kier alpha value is -0.780. The third kappa shape index (κ3) is 11.9. The Morgan fingerprint density at radius 2 is 1.86 bits per heavy atom. The maximum atomic E-state index is 12.3. The predicted octanol–water partition coefficient (Wildman–Crippen LogP) is 2.58. The first-order chi connectivity index (χ1) is 12.9. The molecule has 0 aromatic heterocycles. The number of sulfone groups is 1. The quantitative estimate of drug-likeness (QED) is 0.229. The molecule has 172 valence electrons. The molecule has 29 heavy (non-hydrogen) atoms. The summed E-state index contributed by atoms with van der Waals surface area (Å²) < 4.78 is 27.9. The molecule has 10 heteroatoms. The highest BCUT2D eigenvalue weighted by atomic mass is 127. The average molecular weight is 547 g/mol. The summed E-state index contributed by atoms with van der Waals surface area (Å²) in [6.07, 6.45) is 3.52. The average Bonchev–Trinajstić information content (AvgIpc) is 2.58. The number of hydrogen-bond donors (Lipinski definition) is 1. The molecule has 0 spiro atoms. The number of carbonyl (C=O) groups is 1. The summed E-state index contributed by atoms with van der Waals surface area (Å²) in [6.45, 7) is 11.3. The van der Waals surface area contributed by atoms with Crippen molar-refractivity contribution in [1.29, 1.82) is 0 Å². The fourth-order valence-electron chi connectivity index (χ4n) is 3.17. The highest BCUT2D eigenvalue weighted by Crippen LogP contribution is 2.20. The van der Waals surface area contributed by atoms with E-state index in [4.69, 9.17) is 4.74 Å². The van der Waals surface area contributed by atoms with E-state index in [9.17, 15) is 13.2 Å². The molecular weight excluding hydrogens is 507 g/mol. The first-order valence-corrected chi connectivity index (χ1v) is 12.1. The van der Waals surface area contributed by atoms with Gasteiger partial charge in [0.05, 0.1) is 5.75 Å². The number of rotatable bonds is 7. The SMILES string of the molecule is CCN(CC1CCN(C(=NC)NCCCS(C)(=O)=O)CC1)C(=O)OC(C)(C)C.I. The normalized spacial score (nSPS) is 16.2. The van der Waals surface area contributed by atoms with E-state index < -0.39 is 15.4 Å². The molecular formula is C19H39IN4O4S. The van der Waals surface area contributed by atoms with Gasteiger partial charge in [0, 0.05) is 46.0 Å². The summed E-state index contributed by atoms with van der Waals surface area (Å²) in [5, 5.41) is 3.25. The van der Waals surface area contributed by atoms with E-state index in [0.29, 0.717) is 32.0 Å². The number of nitrogens with zero attached hydrogens (tertiary/aromatic N) is 3. The predicted molar refractivity (Wildman–Crippen MR) is 129 cm³/mol. The van der Waals surface area contributed by atoms with Crippen molar-refractivity contribution in [2.24, 2.45) is 10.9 Å². The summed E-state index contributed by atoms with van der Waals surface area (Å²) in [5.74, 6) is 1.43. The molecule has 0 aromatic rings. The Kier molecular flexibility index (Phi) is 12.5. The molecule has 0 radical (unpaired) electrons. The number of nitrogens with one attached hydrogen (secondary N) is 1.